The maximum atomic E-state index is 12.7. The van der Waals surface area contributed by atoms with Crippen molar-refractivity contribution in [1.29, 1.82) is 0 Å². The maximum Gasteiger partial charge on any atom is 0.233 e. The average Bonchev–Trinajstić information content (AvgIpc) is 3.13. The van der Waals surface area contributed by atoms with Gasteiger partial charge in [0.15, 0.2) is 11.4 Å². The lowest BCUT2D eigenvalue weighted by molar-refractivity contribution is 0.0854. The molecular weight excluding hydrogens is 292 g/mol. The third-order valence-electron chi connectivity index (χ3n) is 3.56. The number of ketones is 1. The molecule has 0 bridgehead atoms. The van der Waals surface area contributed by atoms with Gasteiger partial charge in [-0.1, -0.05) is 27.7 Å². The number of Topliss-reactive ketones (excluding diaryl/α,β-unsaturated/α-hetero) is 1. The summed E-state index contributed by atoms with van der Waals surface area (Å²) in [6.07, 6.45) is 5.88. The molecule has 0 aliphatic carbocycles. The van der Waals surface area contributed by atoms with Crippen LogP contribution in [0.3, 0.4) is 0 Å². The summed E-state index contributed by atoms with van der Waals surface area (Å²) in [5.41, 5.74) is 1.04. The Labute approximate surface area is 134 Å². The van der Waals surface area contributed by atoms with Crippen LogP contribution in [0.1, 0.15) is 44.6 Å². The normalized spacial score (nSPS) is 12.0. The van der Waals surface area contributed by atoms with Gasteiger partial charge >= 0.3 is 0 Å². The van der Waals surface area contributed by atoms with Crippen LogP contribution in [0.4, 0.5) is 0 Å². The highest BCUT2D eigenvalue weighted by atomic mass is 16.1. The molecule has 7 heteroatoms. The lowest BCUT2D eigenvalue weighted by atomic mass is 9.88. The molecule has 0 fully saturated rings. The predicted molar refractivity (Wildman–Crippen MR) is 86.5 cm³/mol. The van der Waals surface area contributed by atoms with E-state index in [-0.39, 0.29) is 5.78 Å². The first kappa shape index (κ1) is 15.3. The highest BCUT2D eigenvalue weighted by Crippen LogP contribution is 2.25. The van der Waals surface area contributed by atoms with Crippen molar-refractivity contribution in [1.82, 2.24) is 29.3 Å². The fraction of sp³-hybridized carbons (Fsp3) is 0.438. The Morgan fingerprint density at radius 2 is 2.04 bits per heavy atom. The van der Waals surface area contributed by atoms with Crippen LogP contribution in [-0.4, -0.2) is 35.1 Å². The van der Waals surface area contributed by atoms with Gasteiger partial charge in [0.25, 0.3) is 0 Å². The maximum absolute atomic E-state index is 12.7. The van der Waals surface area contributed by atoms with Crippen molar-refractivity contribution in [2.24, 2.45) is 5.41 Å². The molecule has 0 radical (unpaired) electrons. The van der Waals surface area contributed by atoms with Crippen LogP contribution in [-0.2, 0) is 6.54 Å². The van der Waals surface area contributed by atoms with Crippen molar-refractivity contribution in [3.05, 3.63) is 30.5 Å². The Morgan fingerprint density at radius 3 is 2.65 bits per heavy atom. The zero-order valence-electron chi connectivity index (χ0n) is 13.8. The Bertz CT molecular complexity index is 841. The van der Waals surface area contributed by atoms with Crippen molar-refractivity contribution < 1.29 is 4.79 Å². The number of imidazole rings is 1. The number of hydrogen-bond donors (Lipinski definition) is 0. The molecule has 0 aliphatic rings. The smallest absolute Gasteiger partial charge is 0.233 e. The monoisotopic (exact) mass is 312 g/mol. The van der Waals surface area contributed by atoms with Gasteiger partial charge in [0.1, 0.15) is 17.5 Å². The highest BCUT2D eigenvalue weighted by molar-refractivity contribution is 6.06. The molecule has 3 heterocycles. The van der Waals surface area contributed by atoms with Crippen molar-refractivity contribution in [2.45, 2.75) is 40.7 Å². The standard InChI is InChI=1S/C16H20N6O/c1-5-8-21-14-12(20-15(21)22-9-6-7-19-22)11(17-10-18-14)13(23)16(2,3)4/h6-7,9-10H,5,8H2,1-4H3. The fourth-order valence-corrected chi connectivity index (χ4v) is 2.44. The molecule has 7 nitrogen and oxygen atoms in total. The first-order valence-electron chi connectivity index (χ1n) is 7.69. The third-order valence-corrected chi connectivity index (χ3v) is 3.56. The minimum absolute atomic E-state index is 0.0435. The third kappa shape index (κ3) is 2.62. The number of rotatable bonds is 4. The van der Waals surface area contributed by atoms with Gasteiger partial charge in [-0.3, -0.25) is 9.36 Å². The molecule has 0 saturated carbocycles. The zero-order valence-corrected chi connectivity index (χ0v) is 13.8. The molecule has 0 amide bonds. The van der Waals surface area contributed by atoms with E-state index >= 15 is 0 Å². The Hall–Kier alpha value is -2.57. The Balaban J connectivity index is 2.27. The van der Waals surface area contributed by atoms with E-state index < -0.39 is 5.41 Å². The SMILES string of the molecule is CCCn1c(-n2cccn2)nc2c(C(=O)C(C)(C)C)ncnc21. The summed E-state index contributed by atoms with van der Waals surface area (Å²) in [4.78, 5) is 25.9. The van der Waals surface area contributed by atoms with E-state index in [9.17, 15) is 4.79 Å². The number of carbonyl (C=O) groups is 1. The number of nitrogens with zero attached hydrogens (tertiary/aromatic N) is 6. The topological polar surface area (TPSA) is 78.5 Å². The molecule has 0 spiro atoms. The van der Waals surface area contributed by atoms with E-state index in [0.717, 1.165) is 13.0 Å². The minimum atomic E-state index is -0.526. The van der Waals surface area contributed by atoms with Crippen molar-refractivity contribution in [2.75, 3.05) is 0 Å². The molecule has 120 valence electrons. The highest BCUT2D eigenvalue weighted by Gasteiger charge is 2.28. The lowest BCUT2D eigenvalue weighted by Crippen LogP contribution is -2.22. The van der Waals surface area contributed by atoms with Crippen LogP contribution in [0, 0.1) is 5.41 Å². The quantitative estimate of drug-likeness (QED) is 0.692. The number of hydrogen-bond acceptors (Lipinski definition) is 5. The zero-order chi connectivity index (χ0) is 16.6. The van der Waals surface area contributed by atoms with E-state index in [1.807, 2.05) is 37.6 Å². The summed E-state index contributed by atoms with van der Waals surface area (Å²) < 4.78 is 3.66. The number of carbonyl (C=O) groups excluding carboxylic acids is 1. The van der Waals surface area contributed by atoms with Crippen molar-refractivity contribution in [3.8, 4) is 5.95 Å². The number of fused-ring (bicyclic) bond motifs is 1. The molecule has 0 atom stereocenters. The van der Waals surface area contributed by atoms with Crippen LogP contribution in [0.2, 0.25) is 0 Å². The number of aromatic nitrogens is 6. The van der Waals surface area contributed by atoms with Gasteiger partial charge in [-0.15, -0.1) is 0 Å². The van der Waals surface area contributed by atoms with E-state index in [1.54, 1.807) is 10.9 Å². The molecular formula is C16H20N6O. The van der Waals surface area contributed by atoms with Crippen LogP contribution in [0.15, 0.2) is 24.8 Å². The second kappa shape index (κ2) is 5.57. The fourth-order valence-electron chi connectivity index (χ4n) is 2.44. The van der Waals surface area contributed by atoms with Crippen LogP contribution >= 0.6 is 0 Å². The van der Waals surface area contributed by atoms with Gasteiger partial charge in [-0.05, 0) is 12.5 Å². The molecule has 0 unspecified atom stereocenters. The van der Waals surface area contributed by atoms with E-state index in [0.29, 0.717) is 22.8 Å². The Morgan fingerprint density at radius 1 is 1.26 bits per heavy atom. The second-order valence-electron chi connectivity index (χ2n) is 6.49. The van der Waals surface area contributed by atoms with Crippen molar-refractivity contribution in [3.63, 3.8) is 0 Å². The second-order valence-corrected chi connectivity index (χ2v) is 6.49. The summed E-state index contributed by atoms with van der Waals surface area (Å²) >= 11 is 0. The molecule has 3 aromatic rings. The lowest BCUT2D eigenvalue weighted by Gasteiger charge is -2.15. The van der Waals surface area contributed by atoms with Crippen molar-refractivity contribution >= 4 is 16.9 Å². The molecule has 3 aromatic heterocycles. The summed E-state index contributed by atoms with van der Waals surface area (Å²) in [5, 5.41) is 4.25. The minimum Gasteiger partial charge on any atom is -0.293 e. The molecule has 0 N–H and O–H groups in total. The average molecular weight is 312 g/mol. The molecule has 23 heavy (non-hydrogen) atoms. The van der Waals surface area contributed by atoms with Gasteiger partial charge < -0.3 is 0 Å². The van der Waals surface area contributed by atoms with E-state index in [4.69, 9.17) is 0 Å². The molecule has 0 aliphatic heterocycles. The first-order valence-corrected chi connectivity index (χ1v) is 7.69. The predicted octanol–water partition coefficient (Wildman–Crippen LogP) is 2.65. The van der Waals surface area contributed by atoms with Gasteiger partial charge in [-0.2, -0.15) is 5.10 Å². The Kier molecular flexibility index (Phi) is 3.71. The molecule has 3 rings (SSSR count). The molecule has 0 aromatic carbocycles. The van der Waals surface area contributed by atoms with E-state index in [1.165, 1.54) is 6.33 Å². The first-order chi connectivity index (χ1) is 10.9. The van der Waals surface area contributed by atoms with Gasteiger partial charge in [0, 0.05) is 24.4 Å². The van der Waals surface area contributed by atoms with Gasteiger partial charge in [0.05, 0.1) is 0 Å². The number of aryl methyl sites for hydroxylation is 1. The molecule has 0 saturated heterocycles. The van der Waals surface area contributed by atoms with Crippen LogP contribution < -0.4 is 0 Å². The van der Waals surface area contributed by atoms with Crippen LogP contribution in [0.25, 0.3) is 17.1 Å². The summed E-state index contributed by atoms with van der Waals surface area (Å²) in [6, 6.07) is 1.84. The summed E-state index contributed by atoms with van der Waals surface area (Å²) in [5.74, 6) is 0.605. The van der Waals surface area contributed by atoms with E-state index in [2.05, 4.69) is 27.0 Å². The largest absolute Gasteiger partial charge is 0.293 e. The summed E-state index contributed by atoms with van der Waals surface area (Å²) in [6.45, 7) is 8.45. The van der Waals surface area contributed by atoms with Crippen LogP contribution in [0.5, 0.6) is 0 Å². The summed E-state index contributed by atoms with van der Waals surface area (Å²) in [7, 11) is 0. The van der Waals surface area contributed by atoms with Gasteiger partial charge in [-0.25, -0.2) is 19.6 Å². The van der Waals surface area contributed by atoms with Gasteiger partial charge in [0.2, 0.25) is 5.95 Å².